The number of hydrogen-bond donors (Lipinski definition) is 1. The summed E-state index contributed by atoms with van der Waals surface area (Å²) < 4.78 is 0. The van der Waals surface area contributed by atoms with Gasteiger partial charge >= 0.3 is 5.97 Å². The highest BCUT2D eigenvalue weighted by molar-refractivity contribution is 6.42. The number of hydrogen-bond acceptors (Lipinski definition) is 1. The van der Waals surface area contributed by atoms with E-state index in [1.165, 1.54) is 0 Å². The van der Waals surface area contributed by atoms with Crippen LogP contribution in [0, 0.1) is 0 Å². The first-order valence-electron chi connectivity index (χ1n) is 4.53. The van der Waals surface area contributed by atoms with Gasteiger partial charge in [0.25, 0.3) is 0 Å². The maximum atomic E-state index is 10.4. The van der Waals surface area contributed by atoms with Crippen LogP contribution in [0.4, 0.5) is 0 Å². The molecule has 0 fully saturated rings. The first-order chi connectivity index (χ1) is 7.49. The lowest BCUT2D eigenvalue weighted by Gasteiger charge is -1.97. The van der Waals surface area contributed by atoms with Crippen LogP contribution in [-0.2, 0) is 4.79 Å². The Morgan fingerprint density at radius 3 is 2.56 bits per heavy atom. The van der Waals surface area contributed by atoms with Crippen LogP contribution >= 0.6 is 23.2 Å². The summed E-state index contributed by atoms with van der Waals surface area (Å²) in [6, 6.07) is 5.22. The average molecular weight is 257 g/mol. The lowest BCUT2D eigenvalue weighted by atomic mass is 10.1. The van der Waals surface area contributed by atoms with Crippen LogP contribution in [0.15, 0.2) is 35.9 Å². The Hall–Kier alpha value is -1.25. The molecular formula is C12H10Cl2O2. The molecule has 16 heavy (non-hydrogen) atoms. The van der Waals surface area contributed by atoms with Crippen molar-refractivity contribution in [3.05, 3.63) is 51.5 Å². The van der Waals surface area contributed by atoms with E-state index in [4.69, 9.17) is 28.3 Å². The minimum Gasteiger partial charge on any atom is -0.478 e. The van der Waals surface area contributed by atoms with E-state index >= 15 is 0 Å². The fourth-order valence-electron chi connectivity index (χ4n) is 1.09. The Balaban J connectivity index is 2.84. The number of aliphatic carboxylic acids is 1. The largest absolute Gasteiger partial charge is 0.478 e. The molecule has 0 radical (unpaired) electrons. The summed E-state index contributed by atoms with van der Waals surface area (Å²) in [5, 5.41) is 9.49. The number of allylic oxidation sites excluding steroid dienone is 2. The van der Waals surface area contributed by atoms with Crippen molar-refractivity contribution in [3.8, 4) is 0 Å². The van der Waals surface area contributed by atoms with E-state index in [1.807, 2.05) is 0 Å². The van der Waals surface area contributed by atoms with E-state index < -0.39 is 5.97 Å². The average Bonchev–Trinajstić information content (AvgIpc) is 2.19. The second-order valence-corrected chi connectivity index (χ2v) is 4.05. The highest BCUT2D eigenvalue weighted by Crippen LogP contribution is 2.23. The zero-order chi connectivity index (χ0) is 12.1. The molecular weight excluding hydrogens is 247 g/mol. The van der Waals surface area contributed by atoms with Gasteiger partial charge in [-0.15, -0.1) is 0 Å². The van der Waals surface area contributed by atoms with Gasteiger partial charge in [-0.3, -0.25) is 0 Å². The molecule has 0 saturated heterocycles. The zero-order valence-corrected chi connectivity index (χ0v) is 10.1. The number of carboxylic acids is 1. The van der Waals surface area contributed by atoms with Gasteiger partial charge in [-0.05, 0) is 30.2 Å². The summed E-state index contributed by atoms with van der Waals surface area (Å²) in [6.07, 6.45) is 4.61. The van der Waals surface area contributed by atoms with Gasteiger partial charge in [0.05, 0.1) is 10.0 Å². The monoisotopic (exact) mass is 256 g/mol. The number of carbonyl (C=O) groups is 1. The molecule has 0 bridgehead atoms. The lowest BCUT2D eigenvalue weighted by molar-refractivity contribution is -0.131. The van der Waals surface area contributed by atoms with Crippen LogP contribution in [0.3, 0.4) is 0 Å². The highest BCUT2D eigenvalue weighted by Gasteiger charge is 1.96. The molecule has 0 aliphatic heterocycles. The van der Waals surface area contributed by atoms with Gasteiger partial charge in [-0.1, -0.05) is 41.4 Å². The van der Waals surface area contributed by atoms with Crippen LogP contribution < -0.4 is 0 Å². The van der Waals surface area contributed by atoms with Crippen LogP contribution in [0.5, 0.6) is 0 Å². The topological polar surface area (TPSA) is 37.3 Å². The molecule has 0 saturated carbocycles. The maximum Gasteiger partial charge on any atom is 0.328 e. The molecule has 1 rings (SSSR count). The Bertz CT molecular complexity index is 462. The lowest BCUT2D eigenvalue weighted by Crippen LogP contribution is -1.87. The van der Waals surface area contributed by atoms with Gasteiger partial charge in [0, 0.05) is 6.08 Å². The van der Waals surface area contributed by atoms with E-state index in [-0.39, 0.29) is 0 Å². The van der Waals surface area contributed by atoms with Crippen molar-refractivity contribution in [1.29, 1.82) is 0 Å². The molecule has 1 N–H and O–H groups in total. The number of halogens is 2. The quantitative estimate of drug-likeness (QED) is 0.655. The third-order valence-corrected chi connectivity index (χ3v) is 2.57. The third kappa shape index (κ3) is 4.09. The van der Waals surface area contributed by atoms with Crippen molar-refractivity contribution in [3.63, 3.8) is 0 Å². The molecule has 0 unspecified atom stereocenters. The van der Waals surface area contributed by atoms with Crippen molar-refractivity contribution >= 4 is 35.2 Å². The fraction of sp³-hybridized carbons (Fsp3) is 0.0833. The molecule has 2 nitrogen and oxygen atoms in total. The van der Waals surface area contributed by atoms with Crippen LogP contribution in [-0.4, -0.2) is 11.1 Å². The Kier molecular flexibility index (Phi) is 4.59. The second kappa shape index (κ2) is 5.73. The van der Waals surface area contributed by atoms with Gasteiger partial charge in [-0.25, -0.2) is 4.79 Å². The SMILES string of the molecule is CC(C=Cc1ccc(Cl)c(Cl)c1)=CC(=O)O. The molecule has 84 valence electrons. The first kappa shape index (κ1) is 12.8. The van der Waals surface area contributed by atoms with Crippen molar-refractivity contribution in [1.82, 2.24) is 0 Å². The minimum absolute atomic E-state index is 0.476. The number of benzene rings is 1. The molecule has 0 aromatic heterocycles. The molecule has 0 atom stereocenters. The van der Waals surface area contributed by atoms with E-state index in [1.54, 1.807) is 37.3 Å². The number of carboxylic acid groups (broad SMARTS) is 1. The van der Waals surface area contributed by atoms with Crippen molar-refractivity contribution < 1.29 is 9.90 Å². The van der Waals surface area contributed by atoms with Crippen LogP contribution in [0.1, 0.15) is 12.5 Å². The summed E-state index contributed by atoms with van der Waals surface area (Å²) in [7, 11) is 0. The van der Waals surface area contributed by atoms with Gasteiger partial charge in [0.1, 0.15) is 0 Å². The van der Waals surface area contributed by atoms with Crippen molar-refractivity contribution in [2.45, 2.75) is 6.92 Å². The molecule has 1 aromatic carbocycles. The predicted molar refractivity (Wildman–Crippen MR) is 66.9 cm³/mol. The van der Waals surface area contributed by atoms with Crippen molar-refractivity contribution in [2.75, 3.05) is 0 Å². The Morgan fingerprint density at radius 1 is 1.31 bits per heavy atom. The van der Waals surface area contributed by atoms with E-state index in [0.29, 0.717) is 15.6 Å². The zero-order valence-electron chi connectivity index (χ0n) is 8.58. The van der Waals surface area contributed by atoms with E-state index in [0.717, 1.165) is 11.6 Å². The number of rotatable bonds is 3. The maximum absolute atomic E-state index is 10.4. The third-order valence-electron chi connectivity index (χ3n) is 1.83. The minimum atomic E-state index is -0.962. The smallest absolute Gasteiger partial charge is 0.328 e. The molecule has 0 aliphatic rings. The van der Waals surface area contributed by atoms with E-state index in [9.17, 15) is 4.79 Å². The highest BCUT2D eigenvalue weighted by atomic mass is 35.5. The van der Waals surface area contributed by atoms with Gasteiger partial charge in [0.2, 0.25) is 0 Å². The van der Waals surface area contributed by atoms with Gasteiger partial charge in [0.15, 0.2) is 0 Å². The first-order valence-corrected chi connectivity index (χ1v) is 5.29. The van der Waals surface area contributed by atoms with Crippen molar-refractivity contribution in [2.24, 2.45) is 0 Å². The molecule has 4 heteroatoms. The summed E-state index contributed by atoms with van der Waals surface area (Å²) in [6.45, 7) is 1.71. The summed E-state index contributed by atoms with van der Waals surface area (Å²) in [5.74, 6) is -0.962. The van der Waals surface area contributed by atoms with Crippen LogP contribution in [0.25, 0.3) is 6.08 Å². The standard InChI is InChI=1S/C12H10Cl2O2/c1-8(6-12(15)16)2-3-9-4-5-10(13)11(14)7-9/h2-7H,1H3,(H,15,16). The molecule has 1 aromatic rings. The van der Waals surface area contributed by atoms with E-state index in [2.05, 4.69) is 0 Å². The second-order valence-electron chi connectivity index (χ2n) is 3.23. The summed E-state index contributed by atoms with van der Waals surface area (Å²) >= 11 is 11.6. The molecule has 0 heterocycles. The summed E-state index contributed by atoms with van der Waals surface area (Å²) in [5.41, 5.74) is 1.52. The predicted octanol–water partition coefficient (Wildman–Crippen LogP) is 4.04. The van der Waals surface area contributed by atoms with Gasteiger partial charge in [-0.2, -0.15) is 0 Å². The molecule has 0 aliphatic carbocycles. The van der Waals surface area contributed by atoms with Gasteiger partial charge < -0.3 is 5.11 Å². The Labute approximate surface area is 104 Å². The molecule has 0 spiro atoms. The molecule has 0 amide bonds. The Morgan fingerprint density at radius 2 is 2.00 bits per heavy atom. The normalized spacial score (nSPS) is 12.1. The summed E-state index contributed by atoms with van der Waals surface area (Å²) in [4.78, 5) is 10.4. The van der Waals surface area contributed by atoms with Crippen LogP contribution in [0.2, 0.25) is 10.0 Å². The fourth-order valence-corrected chi connectivity index (χ4v) is 1.39.